The van der Waals surface area contributed by atoms with Crippen molar-refractivity contribution in [1.29, 1.82) is 0 Å². The molecule has 2 heteroatoms. The van der Waals surface area contributed by atoms with Crippen molar-refractivity contribution in [3.05, 3.63) is 34.3 Å². The monoisotopic (exact) mass is 283 g/mol. The highest BCUT2D eigenvalue weighted by molar-refractivity contribution is 9.10. The van der Waals surface area contributed by atoms with E-state index in [2.05, 4.69) is 54.0 Å². The largest absolute Gasteiger partial charge is 0.330 e. The van der Waals surface area contributed by atoms with Crippen molar-refractivity contribution in [2.75, 3.05) is 6.54 Å². The lowest BCUT2D eigenvalue weighted by molar-refractivity contribution is 0.340. The molecule has 0 radical (unpaired) electrons. The standard InChI is InChI=1S/C14H22BrN/c1-3-5-11(2)13(10-16)8-12-6-4-7-14(15)9-12/h4,6-7,9,11,13H,3,5,8,10,16H2,1-2H3. The van der Waals surface area contributed by atoms with Gasteiger partial charge < -0.3 is 5.73 Å². The molecule has 0 saturated carbocycles. The van der Waals surface area contributed by atoms with Gasteiger partial charge in [-0.15, -0.1) is 0 Å². The fourth-order valence-electron chi connectivity index (χ4n) is 2.17. The summed E-state index contributed by atoms with van der Waals surface area (Å²) in [6.45, 7) is 5.34. The van der Waals surface area contributed by atoms with Gasteiger partial charge in [0, 0.05) is 4.47 Å². The van der Waals surface area contributed by atoms with E-state index < -0.39 is 0 Å². The first-order valence-electron chi connectivity index (χ1n) is 6.11. The van der Waals surface area contributed by atoms with E-state index in [9.17, 15) is 0 Å². The molecule has 0 aliphatic carbocycles. The van der Waals surface area contributed by atoms with Gasteiger partial charge in [-0.25, -0.2) is 0 Å². The quantitative estimate of drug-likeness (QED) is 0.839. The maximum Gasteiger partial charge on any atom is 0.0177 e. The van der Waals surface area contributed by atoms with Gasteiger partial charge in [0.05, 0.1) is 0 Å². The summed E-state index contributed by atoms with van der Waals surface area (Å²) in [5.41, 5.74) is 7.26. The van der Waals surface area contributed by atoms with Crippen molar-refractivity contribution in [3.63, 3.8) is 0 Å². The van der Waals surface area contributed by atoms with Crippen LogP contribution in [0.1, 0.15) is 32.3 Å². The van der Waals surface area contributed by atoms with Crippen LogP contribution in [-0.2, 0) is 6.42 Å². The molecule has 0 aliphatic heterocycles. The van der Waals surface area contributed by atoms with E-state index >= 15 is 0 Å². The molecule has 0 aliphatic rings. The Balaban J connectivity index is 2.62. The van der Waals surface area contributed by atoms with Crippen molar-refractivity contribution in [3.8, 4) is 0 Å². The molecule has 0 aromatic heterocycles. The van der Waals surface area contributed by atoms with E-state index in [1.165, 1.54) is 18.4 Å². The Morgan fingerprint density at radius 2 is 2.12 bits per heavy atom. The highest BCUT2D eigenvalue weighted by atomic mass is 79.9. The van der Waals surface area contributed by atoms with Crippen LogP contribution in [0.25, 0.3) is 0 Å². The average Bonchev–Trinajstić information content (AvgIpc) is 2.26. The number of nitrogens with two attached hydrogens (primary N) is 1. The minimum atomic E-state index is 0.606. The second-order valence-corrected chi connectivity index (χ2v) is 5.51. The summed E-state index contributed by atoms with van der Waals surface area (Å²) in [6.07, 6.45) is 3.61. The summed E-state index contributed by atoms with van der Waals surface area (Å²) in [4.78, 5) is 0. The van der Waals surface area contributed by atoms with E-state index in [1.54, 1.807) is 0 Å². The van der Waals surface area contributed by atoms with Crippen LogP contribution < -0.4 is 5.73 Å². The smallest absolute Gasteiger partial charge is 0.0177 e. The molecule has 0 spiro atoms. The normalized spacial score (nSPS) is 14.8. The lowest BCUT2D eigenvalue weighted by Gasteiger charge is -2.22. The molecule has 90 valence electrons. The molecule has 16 heavy (non-hydrogen) atoms. The Morgan fingerprint density at radius 1 is 1.38 bits per heavy atom. The Bertz CT molecular complexity index is 311. The fourth-order valence-corrected chi connectivity index (χ4v) is 2.62. The molecule has 1 nitrogen and oxygen atoms in total. The minimum absolute atomic E-state index is 0.606. The summed E-state index contributed by atoms with van der Waals surface area (Å²) in [7, 11) is 0. The zero-order chi connectivity index (χ0) is 12.0. The van der Waals surface area contributed by atoms with Crippen LogP contribution in [0.4, 0.5) is 0 Å². The third-order valence-corrected chi connectivity index (χ3v) is 3.73. The van der Waals surface area contributed by atoms with Crippen LogP contribution in [-0.4, -0.2) is 6.54 Å². The summed E-state index contributed by atoms with van der Waals surface area (Å²) < 4.78 is 1.16. The van der Waals surface area contributed by atoms with Crippen LogP contribution in [0.3, 0.4) is 0 Å². The van der Waals surface area contributed by atoms with Gasteiger partial charge in [-0.05, 0) is 42.5 Å². The SMILES string of the molecule is CCCC(C)C(CN)Cc1cccc(Br)c1. The third kappa shape index (κ3) is 4.26. The molecular formula is C14H22BrN. The Morgan fingerprint density at radius 3 is 2.69 bits per heavy atom. The molecule has 1 aromatic carbocycles. The molecule has 0 fully saturated rings. The fraction of sp³-hybridized carbons (Fsp3) is 0.571. The molecule has 0 heterocycles. The molecule has 1 aromatic rings. The number of halogens is 1. The van der Waals surface area contributed by atoms with Crippen LogP contribution in [0.2, 0.25) is 0 Å². The minimum Gasteiger partial charge on any atom is -0.330 e. The summed E-state index contributed by atoms with van der Waals surface area (Å²) in [5.74, 6) is 1.32. The van der Waals surface area contributed by atoms with Crippen molar-refractivity contribution < 1.29 is 0 Å². The maximum atomic E-state index is 5.88. The van der Waals surface area contributed by atoms with Gasteiger partial charge >= 0.3 is 0 Å². The van der Waals surface area contributed by atoms with E-state index in [0.29, 0.717) is 11.8 Å². The first-order chi connectivity index (χ1) is 7.67. The number of hydrogen-bond donors (Lipinski definition) is 1. The Labute approximate surface area is 108 Å². The van der Waals surface area contributed by atoms with Crippen LogP contribution >= 0.6 is 15.9 Å². The highest BCUT2D eigenvalue weighted by Gasteiger charge is 2.15. The zero-order valence-electron chi connectivity index (χ0n) is 10.2. The van der Waals surface area contributed by atoms with Crippen LogP contribution in [0.15, 0.2) is 28.7 Å². The van der Waals surface area contributed by atoms with Crippen molar-refractivity contribution in [2.45, 2.75) is 33.1 Å². The molecule has 0 saturated heterocycles. The predicted octanol–water partition coefficient (Wildman–Crippen LogP) is 4.00. The van der Waals surface area contributed by atoms with Gasteiger partial charge in [-0.3, -0.25) is 0 Å². The second kappa shape index (κ2) is 7.08. The van der Waals surface area contributed by atoms with Crippen molar-refractivity contribution in [1.82, 2.24) is 0 Å². The van der Waals surface area contributed by atoms with Crippen LogP contribution in [0.5, 0.6) is 0 Å². The summed E-state index contributed by atoms with van der Waals surface area (Å²) >= 11 is 3.51. The lowest BCUT2D eigenvalue weighted by Crippen LogP contribution is -2.23. The highest BCUT2D eigenvalue weighted by Crippen LogP contribution is 2.22. The first kappa shape index (κ1) is 13.7. The molecule has 0 bridgehead atoms. The number of benzene rings is 1. The van der Waals surface area contributed by atoms with Gasteiger partial charge in [0.1, 0.15) is 0 Å². The number of hydrogen-bond acceptors (Lipinski definition) is 1. The summed E-state index contributed by atoms with van der Waals surface area (Å²) in [5, 5.41) is 0. The third-order valence-electron chi connectivity index (χ3n) is 3.24. The zero-order valence-corrected chi connectivity index (χ0v) is 11.8. The molecule has 0 amide bonds. The van der Waals surface area contributed by atoms with E-state index in [-0.39, 0.29) is 0 Å². The second-order valence-electron chi connectivity index (χ2n) is 4.60. The van der Waals surface area contributed by atoms with Crippen molar-refractivity contribution >= 4 is 15.9 Å². The molecule has 2 N–H and O–H groups in total. The Hall–Kier alpha value is -0.340. The molecule has 1 rings (SSSR count). The van der Waals surface area contributed by atoms with Gasteiger partial charge in [0.2, 0.25) is 0 Å². The van der Waals surface area contributed by atoms with Crippen LogP contribution in [0, 0.1) is 11.8 Å². The van der Waals surface area contributed by atoms with Crippen molar-refractivity contribution in [2.24, 2.45) is 17.6 Å². The Kier molecular flexibility index (Phi) is 6.07. The maximum absolute atomic E-state index is 5.88. The number of rotatable bonds is 6. The van der Waals surface area contributed by atoms with Gasteiger partial charge in [0.25, 0.3) is 0 Å². The van der Waals surface area contributed by atoms with Gasteiger partial charge in [0.15, 0.2) is 0 Å². The van der Waals surface area contributed by atoms with Gasteiger partial charge in [-0.2, -0.15) is 0 Å². The molecule has 2 atom stereocenters. The topological polar surface area (TPSA) is 26.0 Å². The molecular weight excluding hydrogens is 262 g/mol. The van der Waals surface area contributed by atoms with Gasteiger partial charge in [-0.1, -0.05) is 54.8 Å². The molecule has 2 unspecified atom stereocenters. The van der Waals surface area contributed by atoms with E-state index in [1.807, 2.05) is 0 Å². The van der Waals surface area contributed by atoms with E-state index in [4.69, 9.17) is 5.73 Å². The van der Waals surface area contributed by atoms with E-state index in [0.717, 1.165) is 17.4 Å². The summed E-state index contributed by atoms with van der Waals surface area (Å²) in [6, 6.07) is 8.54. The lowest BCUT2D eigenvalue weighted by atomic mass is 9.85. The average molecular weight is 284 g/mol. The first-order valence-corrected chi connectivity index (χ1v) is 6.91. The predicted molar refractivity (Wildman–Crippen MR) is 74.5 cm³/mol.